The maximum absolute atomic E-state index is 13.4. The maximum atomic E-state index is 13.4. The van der Waals surface area contributed by atoms with Crippen LogP contribution in [0.1, 0.15) is 38.1 Å². The monoisotopic (exact) mass is 532 g/mol. The summed E-state index contributed by atoms with van der Waals surface area (Å²) in [6.07, 6.45) is 1.45. The highest BCUT2D eigenvalue weighted by Crippen LogP contribution is 2.44. The van der Waals surface area contributed by atoms with Crippen molar-refractivity contribution < 1.29 is 33.7 Å². The number of aromatic nitrogens is 1. The molecule has 0 aliphatic carbocycles. The molecule has 1 saturated heterocycles. The van der Waals surface area contributed by atoms with Crippen molar-refractivity contribution >= 4 is 39.9 Å². The number of aryl methyl sites for hydroxylation is 2. The van der Waals surface area contributed by atoms with Gasteiger partial charge < -0.3 is 19.3 Å². The second-order valence-corrected chi connectivity index (χ2v) is 9.71. The van der Waals surface area contributed by atoms with Gasteiger partial charge in [-0.25, -0.2) is 9.78 Å². The van der Waals surface area contributed by atoms with Crippen LogP contribution >= 0.6 is 11.3 Å². The van der Waals surface area contributed by atoms with Crippen LogP contribution in [-0.2, 0) is 14.3 Å². The van der Waals surface area contributed by atoms with Crippen molar-refractivity contribution in [3.8, 4) is 11.5 Å². The summed E-state index contributed by atoms with van der Waals surface area (Å²) >= 11 is 0.943. The van der Waals surface area contributed by atoms with Crippen LogP contribution in [0.25, 0.3) is 5.76 Å². The van der Waals surface area contributed by atoms with Gasteiger partial charge in [0.2, 0.25) is 0 Å². The van der Waals surface area contributed by atoms with Crippen LogP contribution in [0.5, 0.6) is 11.5 Å². The predicted octanol–water partition coefficient (Wildman–Crippen LogP) is 4.50. The number of rotatable bonds is 6. The third kappa shape index (κ3) is 4.43. The van der Waals surface area contributed by atoms with Crippen molar-refractivity contribution in [3.05, 3.63) is 88.0 Å². The van der Waals surface area contributed by atoms with Crippen molar-refractivity contribution in [1.29, 1.82) is 0 Å². The van der Waals surface area contributed by atoms with Crippen LogP contribution in [0, 0.1) is 13.8 Å². The van der Waals surface area contributed by atoms with Gasteiger partial charge in [0.1, 0.15) is 30.5 Å². The number of aliphatic hydroxyl groups is 1. The molecule has 1 unspecified atom stereocenters. The van der Waals surface area contributed by atoms with Gasteiger partial charge in [-0.3, -0.25) is 14.5 Å². The van der Waals surface area contributed by atoms with Crippen molar-refractivity contribution in [2.45, 2.75) is 19.9 Å². The summed E-state index contributed by atoms with van der Waals surface area (Å²) in [5.74, 6) is -1.74. The third-order valence-electron chi connectivity index (χ3n) is 6.16. The van der Waals surface area contributed by atoms with E-state index in [-0.39, 0.29) is 27.9 Å². The fourth-order valence-electron chi connectivity index (χ4n) is 4.31. The number of hydrogen-bond acceptors (Lipinski definition) is 9. The van der Waals surface area contributed by atoms with Crippen molar-refractivity contribution in [3.63, 3.8) is 0 Å². The molecule has 0 saturated carbocycles. The van der Waals surface area contributed by atoms with Gasteiger partial charge in [0.05, 0.1) is 17.3 Å². The molecule has 3 aromatic rings. The van der Waals surface area contributed by atoms with Crippen molar-refractivity contribution in [2.75, 3.05) is 24.7 Å². The topological polar surface area (TPSA) is 115 Å². The first kappa shape index (κ1) is 25.2. The van der Waals surface area contributed by atoms with E-state index in [1.54, 1.807) is 37.3 Å². The number of hydrogen-bond donors (Lipinski definition) is 1. The third-order valence-corrected chi connectivity index (χ3v) is 7.30. The van der Waals surface area contributed by atoms with Gasteiger partial charge >= 0.3 is 11.9 Å². The van der Waals surface area contributed by atoms with Gasteiger partial charge in [0.25, 0.3) is 5.78 Å². The number of thiazole rings is 1. The summed E-state index contributed by atoms with van der Waals surface area (Å²) in [6, 6.07) is 11.1. The Labute approximate surface area is 222 Å². The molecule has 9 nitrogen and oxygen atoms in total. The molecular formula is C28H24N2O7S. The van der Waals surface area contributed by atoms with E-state index in [9.17, 15) is 19.5 Å². The Morgan fingerprint density at radius 2 is 1.87 bits per heavy atom. The van der Waals surface area contributed by atoms with Crippen LogP contribution in [0.4, 0.5) is 5.13 Å². The minimum Gasteiger partial charge on any atom is -0.507 e. The van der Waals surface area contributed by atoms with E-state index < -0.39 is 23.7 Å². The first-order valence-corrected chi connectivity index (χ1v) is 12.6. The number of nitrogens with zero attached hydrogens (tertiary/aromatic N) is 2. The van der Waals surface area contributed by atoms with Gasteiger partial charge in [0, 0.05) is 5.56 Å². The average Bonchev–Trinajstić information content (AvgIpc) is 3.43. The van der Waals surface area contributed by atoms with E-state index in [1.165, 1.54) is 11.0 Å². The Bertz CT molecular complexity index is 1490. The Morgan fingerprint density at radius 3 is 2.58 bits per heavy atom. The fourth-order valence-corrected chi connectivity index (χ4v) is 5.30. The SMILES string of the molecule is C=CCOC(=O)c1sc(N2C(=O)C(=O)C(=C(O)c3ccc4c(c3)OCCO4)C2c2ccc(C)cc2)nc1C. The first-order valence-electron chi connectivity index (χ1n) is 11.8. The normalized spacial score (nSPS) is 17.9. The number of carbonyl (C=O) groups is 3. The molecule has 194 valence electrons. The quantitative estimate of drug-likeness (QED) is 0.162. The van der Waals surface area contributed by atoms with Crippen LogP contribution in [-0.4, -0.2) is 47.6 Å². The number of aliphatic hydroxyl groups excluding tert-OH is 1. The smallest absolute Gasteiger partial charge is 0.350 e. The number of amides is 1. The van der Waals surface area contributed by atoms with Gasteiger partial charge in [-0.1, -0.05) is 53.8 Å². The zero-order chi connectivity index (χ0) is 27.0. The van der Waals surface area contributed by atoms with Crippen LogP contribution < -0.4 is 14.4 Å². The van der Waals surface area contributed by atoms with Crippen molar-refractivity contribution in [1.82, 2.24) is 4.98 Å². The van der Waals surface area contributed by atoms with E-state index in [0.717, 1.165) is 16.9 Å². The van der Waals surface area contributed by atoms with Gasteiger partial charge in [0.15, 0.2) is 16.6 Å². The summed E-state index contributed by atoms with van der Waals surface area (Å²) < 4.78 is 16.3. The first-order chi connectivity index (χ1) is 18.3. The van der Waals surface area contributed by atoms with Gasteiger partial charge in [-0.15, -0.1) is 0 Å². The number of anilines is 1. The highest BCUT2D eigenvalue weighted by atomic mass is 32.1. The molecule has 2 aliphatic heterocycles. The number of ketones is 1. The molecule has 3 heterocycles. The minimum atomic E-state index is -0.980. The molecule has 1 fully saturated rings. The largest absolute Gasteiger partial charge is 0.507 e. The molecule has 1 atom stereocenters. The molecule has 38 heavy (non-hydrogen) atoms. The lowest BCUT2D eigenvalue weighted by Crippen LogP contribution is -2.29. The molecule has 5 rings (SSSR count). The van der Waals surface area contributed by atoms with E-state index in [2.05, 4.69) is 11.6 Å². The molecule has 2 aliphatic rings. The molecule has 1 N–H and O–H groups in total. The van der Waals surface area contributed by atoms with Gasteiger partial charge in [-0.2, -0.15) is 0 Å². The zero-order valence-corrected chi connectivity index (χ0v) is 21.5. The molecule has 0 spiro atoms. The molecule has 10 heteroatoms. The zero-order valence-electron chi connectivity index (χ0n) is 20.7. The minimum absolute atomic E-state index is 0.0227. The summed E-state index contributed by atoms with van der Waals surface area (Å²) in [5.41, 5.74) is 2.13. The Balaban J connectivity index is 1.64. The highest BCUT2D eigenvalue weighted by Gasteiger charge is 2.48. The lowest BCUT2D eigenvalue weighted by atomic mass is 9.94. The lowest BCUT2D eigenvalue weighted by Gasteiger charge is -2.23. The molecule has 1 aromatic heterocycles. The summed E-state index contributed by atoms with van der Waals surface area (Å²) in [5, 5.41) is 11.5. The number of ether oxygens (including phenoxy) is 3. The standard InChI is InChI=1S/C28H24N2O7S/c1-4-11-37-27(34)25-16(3)29-28(38-25)30-22(17-7-5-15(2)6-8-17)21(24(32)26(30)33)23(31)18-9-10-19-20(14-18)36-13-12-35-19/h4-10,14,22,31H,1,11-13H2,2-3H3. The Morgan fingerprint density at radius 1 is 1.16 bits per heavy atom. The highest BCUT2D eigenvalue weighted by molar-refractivity contribution is 7.17. The number of Topliss-reactive ketones (excluding diaryl/α,β-unsaturated/α-hetero) is 1. The van der Waals surface area contributed by atoms with E-state index in [0.29, 0.717) is 41.5 Å². The maximum Gasteiger partial charge on any atom is 0.350 e. The summed E-state index contributed by atoms with van der Waals surface area (Å²) in [7, 11) is 0. The van der Waals surface area contributed by atoms with E-state index in [4.69, 9.17) is 14.2 Å². The molecule has 0 bridgehead atoms. The Kier molecular flexibility index (Phi) is 6.73. The van der Waals surface area contributed by atoms with Crippen LogP contribution in [0.15, 0.2) is 60.7 Å². The molecular weight excluding hydrogens is 508 g/mol. The fraction of sp³-hybridized carbons (Fsp3) is 0.214. The number of carbonyl (C=O) groups excluding carboxylic acids is 3. The van der Waals surface area contributed by atoms with E-state index >= 15 is 0 Å². The van der Waals surface area contributed by atoms with Crippen molar-refractivity contribution in [2.24, 2.45) is 0 Å². The van der Waals surface area contributed by atoms with Crippen LogP contribution in [0.3, 0.4) is 0 Å². The lowest BCUT2D eigenvalue weighted by molar-refractivity contribution is -0.132. The number of esters is 1. The second kappa shape index (κ2) is 10.1. The summed E-state index contributed by atoms with van der Waals surface area (Å²) in [4.78, 5) is 45.2. The second-order valence-electron chi connectivity index (χ2n) is 8.74. The molecule has 2 aromatic carbocycles. The molecule has 0 radical (unpaired) electrons. The number of fused-ring (bicyclic) bond motifs is 1. The van der Waals surface area contributed by atoms with Crippen LogP contribution in [0.2, 0.25) is 0 Å². The van der Waals surface area contributed by atoms with E-state index in [1.807, 2.05) is 19.1 Å². The predicted molar refractivity (Wildman–Crippen MR) is 141 cm³/mol. The number of benzene rings is 2. The van der Waals surface area contributed by atoms with Gasteiger partial charge in [-0.05, 0) is 37.6 Å². The Hall–Kier alpha value is -4.44. The average molecular weight is 533 g/mol. The summed E-state index contributed by atoms with van der Waals surface area (Å²) in [6.45, 7) is 7.86. The molecule has 1 amide bonds.